The monoisotopic (exact) mass is 422 g/mol. The zero-order valence-corrected chi connectivity index (χ0v) is 18.1. The number of carboxylic acid groups (broad SMARTS) is 1. The highest BCUT2D eigenvalue weighted by molar-refractivity contribution is 5.98. The molecule has 0 aromatic heterocycles. The number of aliphatic hydroxyl groups excluding tert-OH is 1. The van der Waals surface area contributed by atoms with Crippen molar-refractivity contribution >= 4 is 17.8 Å². The number of carbonyl (C=O) groups is 3. The summed E-state index contributed by atoms with van der Waals surface area (Å²) in [7, 11) is 0. The van der Waals surface area contributed by atoms with Crippen molar-refractivity contribution in [1.82, 2.24) is 9.80 Å². The molecule has 8 heteroatoms. The highest BCUT2D eigenvalue weighted by Crippen LogP contribution is 2.59. The minimum absolute atomic E-state index is 0.0593. The van der Waals surface area contributed by atoms with Gasteiger partial charge in [-0.05, 0) is 32.6 Å². The first kappa shape index (κ1) is 22.7. The number of fused-ring (bicyclic) bond motifs is 1. The van der Waals surface area contributed by atoms with Crippen LogP contribution in [0.25, 0.3) is 0 Å². The third kappa shape index (κ3) is 3.24. The molecule has 0 aromatic rings. The van der Waals surface area contributed by atoms with Crippen molar-refractivity contribution in [2.75, 3.05) is 13.2 Å². The molecule has 2 N–H and O–H groups in total. The largest absolute Gasteiger partial charge is 0.481 e. The van der Waals surface area contributed by atoms with E-state index in [1.807, 2.05) is 20.8 Å². The van der Waals surface area contributed by atoms with Crippen LogP contribution in [0.3, 0.4) is 0 Å². The summed E-state index contributed by atoms with van der Waals surface area (Å²) in [5.41, 5.74) is -1.14. The Morgan fingerprint density at radius 2 is 2.13 bits per heavy atom. The van der Waals surface area contributed by atoms with Crippen LogP contribution in [0.2, 0.25) is 0 Å². The maximum atomic E-state index is 13.9. The predicted octanol–water partition coefficient (Wildman–Crippen LogP) is 1.42. The molecule has 0 aromatic carbocycles. The van der Waals surface area contributed by atoms with Gasteiger partial charge < -0.3 is 24.7 Å². The number of likely N-dealkylation sites (tertiary alicyclic amines) is 1. The van der Waals surface area contributed by atoms with E-state index in [2.05, 4.69) is 6.58 Å². The van der Waals surface area contributed by atoms with Crippen LogP contribution in [0.15, 0.2) is 12.7 Å². The van der Waals surface area contributed by atoms with Crippen LogP contribution in [0.4, 0.5) is 0 Å². The molecule has 3 fully saturated rings. The first-order chi connectivity index (χ1) is 14.3. The van der Waals surface area contributed by atoms with E-state index in [9.17, 15) is 24.6 Å². The quantitative estimate of drug-likeness (QED) is 0.516. The number of carboxylic acids is 1. The summed E-state index contributed by atoms with van der Waals surface area (Å²) in [5, 5.41) is 19.8. The maximum absolute atomic E-state index is 13.9. The van der Waals surface area contributed by atoms with Gasteiger partial charge in [0.05, 0.1) is 30.6 Å². The van der Waals surface area contributed by atoms with Crippen LogP contribution in [0.5, 0.6) is 0 Å². The lowest BCUT2D eigenvalue weighted by Gasteiger charge is -2.40. The first-order valence-electron chi connectivity index (χ1n) is 11.0. The molecule has 7 atom stereocenters. The molecule has 3 aliphatic heterocycles. The van der Waals surface area contributed by atoms with Gasteiger partial charge in [0.2, 0.25) is 11.8 Å². The van der Waals surface area contributed by atoms with Crippen molar-refractivity contribution in [2.45, 2.75) is 82.7 Å². The molecule has 0 aliphatic carbocycles. The molecule has 3 rings (SSSR count). The zero-order chi connectivity index (χ0) is 22.2. The molecule has 3 heterocycles. The highest BCUT2D eigenvalue weighted by atomic mass is 16.5. The van der Waals surface area contributed by atoms with Crippen molar-refractivity contribution in [3.8, 4) is 0 Å². The van der Waals surface area contributed by atoms with Gasteiger partial charge in [-0.3, -0.25) is 14.4 Å². The summed E-state index contributed by atoms with van der Waals surface area (Å²) in [5.74, 6) is -3.54. The second kappa shape index (κ2) is 8.67. The summed E-state index contributed by atoms with van der Waals surface area (Å²) in [6, 6.07) is -1.55. The average molecular weight is 423 g/mol. The van der Waals surface area contributed by atoms with Crippen LogP contribution >= 0.6 is 0 Å². The second-order valence-electron chi connectivity index (χ2n) is 8.80. The number of nitrogens with zero attached hydrogens (tertiary/aromatic N) is 2. The molecule has 8 nitrogen and oxygen atoms in total. The second-order valence-corrected chi connectivity index (χ2v) is 8.80. The van der Waals surface area contributed by atoms with Crippen LogP contribution in [-0.4, -0.2) is 80.8 Å². The lowest BCUT2D eigenvalue weighted by Crippen LogP contribution is -2.60. The molecule has 30 heavy (non-hydrogen) atoms. The summed E-state index contributed by atoms with van der Waals surface area (Å²) in [6.07, 6.45) is 4.26. The van der Waals surface area contributed by atoms with Gasteiger partial charge in [-0.1, -0.05) is 26.3 Å². The Labute approximate surface area is 177 Å². The zero-order valence-electron chi connectivity index (χ0n) is 18.1. The van der Waals surface area contributed by atoms with Gasteiger partial charge in [0.25, 0.3) is 0 Å². The van der Waals surface area contributed by atoms with E-state index in [0.29, 0.717) is 25.8 Å². The lowest BCUT2D eigenvalue weighted by atomic mass is 9.70. The number of aliphatic carboxylic acids is 1. The highest BCUT2D eigenvalue weighted by Gasteiger charge is 2.75. The van der Waals surface area contributed by atoms with Gasteiger partial charge in [-0.25, -0.2) is 0 Å². The number of ether oxygens (including phenoxy) is 1. The summed E-state index contributed by atoms with van der Waals surface area (Å²) < 4.78 is 6.20. The summed E-state index contributed by atoms with van der Waals surface area (Å²) in [4.78, 5) is 42.6. The molecule has 3 aliphatic rings. The minimum atomic E-state index is -1.14. The van der Waals surface area contributed by atoms with E-state index < -0.39 is 41.6 Å². The van der Waals surface area contributed by atoms with Crippen LogP contribution in [0, 0.1) is 11.8 Å². The SMILES string of the molecule is C=CCN(C(=O)C1N([C@@H](CC)CO)C(=O)[C@@H]2[C@H](C(=O)O)[C@@H]3CCC12O3)C(C)CCC. The van der Waals surface area contributed by atoms with Gasteiger partial charge >= 0.3 is 5.97 Å². The van der Waals surface area contributed by atoms with E-state index in [1.54, 1.807) is 11.0 Å². The van der Waals surface area contributed by atoms with E-state index in [1.165, 1.54) is 4.90 Å². The molecular weight excluding hydrogens is 388 g/mol. The van der Waals surface area contributed by atoms with Crippen LogP contribution in [0.1, 0.15) is 52.9 Å². The van der Waals surface area contributed by atoms with E-state index in [4.69, 9.17) is 4.74 Å². The standard InChI is InChI=1S/C22H34N2O6/c1-5-8-13(4)23(11-6-2)20(27)18-22-10-9-15(30-22)16(21(28)29)17(22)19(26)24(18)14(7-3)12-25/h6,13-18,25H,2,5,7-12H2,1,3-4H3,(H,28,29)/t13?,14-,15-,16+,17-,18?,22?/m0/s1. The Bertz CT molecular complexity index is 708. The molecule has 1 spiro atoms. The molecule has 2 bridgehead atoms. The van der Waals surface area contributed by atoms with Gasteiger partial charge in [0.15, 0.2) is 0 Å². The lowest BCUT2D eigenvalue weighted by molar-refractivity contribution is -0.154. The summed E-state index contributed by atoms with van der Waals surface area (Å²) in [6.45, 7) is 9.68. The van der Waals surface area contributed by atoms with E-state index in [0.717, 1.165) is 12.8 Å². The third-order valence-electron chi connectivity index (χ3n) is 7.18. The molecule has 3 saturated heterocycles. The fourth-order valence-electron chi connectivity index (χ4n) is 5.82. The molecule has 0 radical (unpaired) electrons. The Morgan fingerprint density at radius 3 is 2.67 bits per heavy atom. The fourth-order valence-corrected chi connectivity index (χ4v) is 5.82. The molecule has 168 valence electrons. The van der Waals surface area contributed by atoms with E-state index in [-0.39, 0.29) is 24.5 Å². The predicted molar refractivity (Wildman–Crippen MR) is 110 cm³/mol. The number of rotatable bonds is 10. The van der Waals surface area contributed by atoms with Gasteiger partial charge in [-0.2, -0.15) is 0 Å². The van der Waals surface area contributed by atoms with Gasteiger partial charge in [0.1, 0.15) is 11.6 Å². The summed E-state index contributed by atoms with van der Waals surface area (Å²) >= 11 is 0. The van der Waals surface area contributed by atoms with Crippen molar-refractivity contribution in [3.05, 3.63) is 12.7 Å². The Balaban J connectivity index is 2.08. The minimum Gasteiger partial charge on any atom is -0.481 e. The van der Waals surface area contributed by atoms with Crippen molar-refractivity contribution in [3.63, 3.8) is 0 Å². The normalized spacial score (nSPS) is 34.0. The smallest absolute Gasteiger partial charge is 0.310 e. The number of carbonyl (C=O) groups excluding carboxylic acids is 2. The van der Waals surface area contributed by atoms with Gasteiger partial charge in [0, 0.05) is 12.6 Å². The fraction of sp³-hybridized carbons (Fsp3) is 0.773. The number of hydrogen-bond donors (Lipinski definition) is 2. The van der Waals surface area contributed by atoms with E-state index >= 15 is 0 Å². The molecule has 3 unspecified atom stereocenters. The third-order valence-corrected chi connectivity index (χ3v) is 7.18. The maximum Gasteiger partial charge on any atom is 0.310 e. The first-order valence-corrected chi connectivity index (χ1v) is 11.0. The van der Waals surface area contributed by atoms with Crippen molar-refractivity contribution < 1.29 is 29.3 Å². The Kier molecular flexibility index (Phi) is 6.57. The molecule has 0 saturated carbocycles. The number of amides is 2. The van der Waals surface area contributed by atoms with Gasteiger partial charge in [-0.15, -0.1) is 6.58 Å². The number of hydrogen-bond acceptors (Lipinski definition) is 5. The topological polar surface area (TPSA) is 107 Å². The van der Waals surface area contributed by atoms with Crippen molar-refractivity contribution in [1.29, 1.82) is 0 Å². The van der Waals surface area contributed by atoms with Crippen molar-refractivity contribution in [2.24, 2.45) is 11.8 Å². The van der Waals surface area contributed by atoms with Crippen LogP contribution in [-0.2, 0) is 19.1 Å². The molecular formula is C22H34N2O6. The average Bonchev–Trinajstić information content (AvgIpc) is 3.35. The van der Waals surface area contributed by atoms with Crippen LogP contribution < -0.4 is 0 Å². The number of aliphatic hydroxyl groups is 1. The Morgan fingerprint density at radius 1 is 1.43 bits per heavy atom. The molecule has 2 amide bonds. The Hall–Kier alpha value is -1.93.